The van der Waals surface area contributed by atoms with E-state index >= 15 is 0 Å². The normalized spacial score (nSPS) is 15.5. The third-order valence-electron chi connectivity index (χ3n) is 7.57. The molecule has 0 aromatic carbocycles. The van der Waals surface area contributed by atoms with E-state index in [1.807, 2.05) is 38.4 Å². The molecule has 0 aliphatic heterocycles. The van der Waals surface area contributed by atoms with Crippen molar-refractivity contribution in [3.05, 3.63) is 167 Å². The Morgan fingerprint density at radius 2 is 0.828 bits per heavy atom. The van der Waals surface area contributed by atoms with Gasteiger partial charge in [0.25, 0.3) is 0 Å². The van der Waals surface area contributed by atoms with Gasteiger partial charge in [-0.25, -0.2) is 17.6 Å². The predicted molar refractivity (Wildman–Crippen MR) is 206 cm³/mol. The van der Waals surface area contributed by atoms with Gasteiger partial charge in [0.1, 0.15) is 11.7 Å². The van der Waals surface area contributed by atoms with Crippen molar-refractivity contribution in [2.75, 3.05) is 0 Å². The van der Waals surface area contributed by atoms with Crippen LogP contribution in [0.4, 0.5) is 42.7 Å². The molecule has 0 atom stereocenters. The van der Waals surface area contributed by atoms with E-state index in [2.05, 4.69) is 97.2 Å². The number of allylic oxidation sites excluding steroid dienone is 6. The first-order valence-electron chi connectivity index (χ1n) is 17.1. The molecule has 0 unspecified atom stereocenters. The summed E-state index contributed by atoms with van der Waals surface area (Å²) in [6, 6.07) is 15.5. The molecular weight excluding hydrogens is 974 g/mol. The summed E-state index contributed by atoms with van der Waals surface area (Å²) in [5.74, 6) is -1.27. The molecule has 313 valence electrons. The third kappa shape index (κ3) is 18.0. The first-order chi connectivity index (χ1) is 26.0. The van der Waals surface area contributed by atoms with E-state index < -0.39 is 31.8 Å². The number of hydrogen-bond acceptors (Lipinski definition) is 4. The van der Waals surface area contributed by atoms with Gasteiger partial charge in [0.15, 0.2) is 0 Å². The van der Waals surface area contributed by atoms with Crippen molar-refractivity contribution in [3.63, 3.8) is 0 Å². The van der Waals surface area contributed by atoms with Crippen LogP contribution in [0.3, 0.4) is 0 Å². The van der Waals surface area contributed by atoms with Crippen LogP contribution >= 0.6 is 7.81 Å². The summed E-state index contributed by atoms with van der Waals surface area (Å²) in [5, 5.41) is 0. The van der Waals surface area contributed by atoms with Gasteiger partial charge in [-0.2, -0.15) is 0 Å². The molecule has 0 amide bonds. The Morgan fingerprint density at radius 1 is 0.500 bits per heavy atom. The Balaban J connectivity index is 0.000000278. The molecule has 2 aliphatic rings. The zero-order valence-electron chi connectivity index (χ0n) is 32.6. The van der Waals surface area contributed by atoms with Gasteiger partial charge in [-0.15, -0.1) is 11.5 Å². The monoisotopic (exact) mass is 1010 g/mol. The molecule has 3 radical (unpaired) electrons. The fraction of sp³-hybridized carbons (Fsp3) is 0.238. The van der Waals surface area contributed by atoms with Gasteiger partial charge in [-0.1, -0.05) is 53.7 Å². The number of hydrogen-bond donors (Lipinski definition) is 0. The quantitative estimate of drug-likeness (QED) is 0.117. The number of aryl methyl sites for hydroxylation is 2. The van der Waals surface area contributed by atoms with Crippen LogP contribution in [0.5, 0.6) is 0 Å². The average molecular weight is 1010 g/mol. The van der Waals surface area contributed by atoms with E-state index in [4.69, 9.17) is 0 Å². The molecule has 6 rings (SSSR count). The topological polar surface area (TPSA) is 51.6 Å². The largest absolute Gasteiger partial charge is 0 e. The van der Waals surface area contributed by atoms with E-state index in [0.717, 1.165) is 46.8 Å². The average Bonchev–Trinajstić information content (AvgIpc) is 3.08. The van der Waals surface area contributed by atoms with Crippen LogP contribution in [0.15, 0.2) is 121 Å². The molecule has 0 spiro atoms. The first-order valence-corrected chi connectivity index (χ1v) is 19.1. The summed E-state index contributed by atoms with van der Waals surface area (Å²) >= 11 is 0. The van der Waals surface area contributed by atoms with Crippen molar-refractivity contribution in [1.29, 1.82) is 0 Å². The van der Waals surface area contributed by atoms with Gasteiger partial charge in [-0.05, 0) is 95.5 Å². The Hall–Kier alpha value is -4.50. The summed E-state index contributed by atoms with van der Waals surface area (Å²) in [5.41, 5.74) is 13.0. The van der Waals surface area contributed by atoms with E-state index in [1.54, 1.807) is 24.5 Å². The summed E-state index contributed by atoms with van der Waals surface area (Å²) in [7, 11) is -10.7. The SMILES string of the molecule is CC(C)(C)c1ccnc(-c2cc(C(C)(C)C)ccn2)c1.Cc1ccc(C2=C=CC(F)=C[C]2F)nc1.Cc1ccc(C2=C=CC(F)=C[C]2F)nc1.F[P-](F)(F)(F)(F)F.[Ir]. The Kier molecular flexibility index (Phi) is 15.9. The maximum atomic E-state index is 13.3. The molecule has 0 N–H and O–H groups in total. The van der Waals surface area contributed by atoms with Crippen molar-refractivity contribution in [2.45, 2.75) is 66.2 Å². The van der Waals surface area contributed by atoms with E-state index in [9.17, 15) is 42.7 Å². The number of pyridine rings is 4. The number of nitrogens with zero attached hydrogens (tertiary/aromatic N) is 4. The fourth-order valence-corrected chi connectivity index (χ4v) is 4.59. The number of rotatable bonds is 3. The molecule has 4 nitrogen and oxygen atoms in total. The molecule has 0 saturated carbocycles. The predicted octanol–water partition coefficient (Wildman–Crippen LogP) is 14.7. The second kappa shape index (κ2) is 18.6. The van der Waals surface area contributed by atoms with E-state index in [-0.39, 0.29) is 42.1 Å². The van der Waals surface area contributed by atoms with Crippen LogP contribution in [0.25, 0.3) is 22.5 Å². The standard InChI is InChI=1S/C18H24N2.2C12H8F2N.F6P.Ir/c1-17(2,3)13-7-9-19-15(11-13)16-12-14(8-10-20-16)18(4,5)6;2*1-8-2-5-12(15-7-8)10-4-3-9(13)6-11(10)14;1-7(2,3,4,5)6;/h7-12H,1-6H3;2*2-3,5-7H,1H3;;/q;;;-1;. The zero-order valence-corrected chi connectivity index (χ0v) is 35.9. The molecular formula is C42H40F10IrN4P-. The maximum Gasteiger partial charge on any atom is 0 e. The molecule has 0 saturated heterocycles. The van der Waals surface area contributed by atoms with Crippen molar-refractivity contribution in [1.82, 2.24) is 19.9 Å². The van der Waals surface area contributed by atoms with Crippen LogP contribution < -0.4 is 0 Å². The molecule has 4 aromatic heterocycles. The maximum absolute atomic E-state index is 13.3. The van der Waals surface area contributed by atoms with Gasteiger partial charge in [-0.3, -0.25) is 19.9 Å². The third-order valence-corrected chi connectivity index (χ3v) is 7.57. The zero-order chi connectivity index (χ0) is 43.0. The number of aromatic nitrogens is 4. The first kappa shape index (κ1) is 49.6. The molecule has 0 fully saturated rings. The van der Waals surface area contributed by atoms with Gasteiger partial charge >= 0.3 is 33.0 Å². The molecule has 4 aromatic rings. The second-order valence-corrected chi connectivity index (χ2v) is 16.8. The molecule has 4 heterocycles. The van der Waals surface area contributed by atoms with Crippen molar-refractivity contribution < 1.29 is 62.8 Å². The van der Waals surface area contributed by atoms with Crippen molar-refractivity contribution >= 4 is 19.0 Å². The Bertz CT molecular complexity index is 2090. The minimum Gasteiger partial charge on any atom is 0 e. The minimum atomic E-state index is -10.7. The minimum absolute atomic E-state index is 0. The van der Waals surface area contributed by atoms with Crippen molar-refractivity contribution in [2.24, 2.45) is 0 Å². The van der Waals surface area contributed by atoms with E-state index in [0.29, 0.717) is 11.4 Å². The van der Waals surface area contributed by atoms with Gasteiger partial charge < -0.3 is 0 Å². The molecule has 2 aliphatic carbocycles. The van der Waals surface area contributed by atoms with Gasteiger partial charge in [0.2, 0.25) is 12.3 Å². The summed E-state index contributed by atoms with van der Waals surface area (Å²) in [6.45, 7) is 17.1. The molecule has 0 bridgehead atoms. The summed E-state index contributed by atoms with van der Waals surface area (Å²) in [6.07, 6.45) is 9.57. The van der Waals surface area contributed by atoms with Crippen molar-refractivity contribution in [3.8, 4) is 11.4 Å². The summed E-state index contributed by atoms with van der Waals surface area (Å²) < 4.78 is 111. The van der Waals surface area contributed by atoms with Crippen LogP contribution in [-0.2, 0) is 30.9 Å². The van der Waals surface area contributed by atoms with Crippen LogP contribution in [0.1, 0.15) is 75.2 Å². The Labute approximate surface area is 345 Å². The molecule has 16 heteroatoms. The Morgan fingerprint density at radius 3 is 1.09 bits per heavy atom. The van der Waals surface area contributed by atoms with Crippen LogP contribution in [0.2, 0.25) is 0 Å². The van der Waals surface area contributed by atoms with Gasteiger partial charge in [0.05, 0.1) is 33.9 Å². The molecule has 58 heavy (non-hydrogen) atoms. The smallest absolute Gasteiger partial charge is 0 e. The fourth-order valence-electron chi connectivity index (χ4n) is 4.59. The van der Waals surface area contributed by atoms with Crippen LogP contribution in [-0.4, -0.2) is 19.9 Å². The van der Waals surface area contributed by atoms with Gasteiger partial charge in [0, 0.05) is 57.0 Å². The van der Waals surface area contributed by atoms with E-state index in [1.165, 1.54) is 11.1 Å². The number of halogens is 10. The second-order valence-electron chi connectivity index (χ2n) is 14.8. The van der Waals surface area contributed by atoms with Crippen LogP contribution in [0, 0.1) is 26.2 Å². The summed E-state index contributed by atoms with van der Waals surface area (Å²) in [4.78, 5) is 17.1.